The van der Waals surface area contributed by atoms with Gasteiger partial charge in [-0.1, -0.05) is 0 Å². The van der Waals surface area contributed by atoms with E-state index in [-0.39, 0.29) is 5.78 Å². The van der Waals surface area contributed by atoms with Gasteiger partial charge in [0.2, 0.25) is 0 Å². The first kappa shape index (κ1) is 10.4. The molecule has 0 radical (unpaired) electrons. The van der Waals surface area contributed by atoms with Crippen LogP contribution in [0.5, 0.6) is 0 Å². The van der Waals surface area contributed by atoms with E-state index in [1.165, 1.54) is 0 Å². The number of carbonyl (C=O) groups is 1. The third-order valence-electron chi connectivity index (χ3n) is 2.95. The monoisotopic (exact) mass is 207 g/mol. The van der Waals surface area contributed by atoms with Crippen molar-refractivity contribution in [3.63, 3.8) is 0 Å². The molecule has 1 aromatic heterocycles. The number of nitrogens with one attached hydrogen (secondary N) is 2. The minimum absolute atomic E-state index is 0.161. The highest BCUT2D eigenvalue weighted by Gasteiger charge is 2.21. The molecular weight excluding hydrogens is 190 g/mol. The summed E-state index contributed by atoms with van der Waals surface area (Å²) in [5, 5.41) is 3.30. The van der Waals surface area contributed by atoms with Gasteiger partial charge in [0, 0.05) is 18.8 Å². The van der Waals surface area contributed by atoms with Crippen LogP contribution >= 0.6 is 0 Å². The molecule has 1 aromatic rings. The molecule has 0 saturated carbocycles. The van der Waals surface area contributed by atoms with Crippen molar-refractivity contribution in [3.8, 4) is 0 Å². The van der Waals surface area contributed by atoms with Crippen LogP contribution in [0.1, 0.15) is 16.9 Å². The largest absolute Gasteiger partial charge is 0.359 e. The van der Waals surface area contributed by atoms with Crippen LogP contribution < -0.4 is 5.32 Å². The molecule has 15 heavy (non-hydrogen) atoms. The van der Waals surface area contributed by atoms with E-state index in [1.54, 1.807) is 6.20 Å². The predicted octanol–water partition coefficient (Wildman–Crippen LogP) is 0.491. The summed E-state index contributed by atoms with van der Waals surface area (Å²) in [7, 11) is 2.01. The molecule has 2 rings (SSSR count). The van der Waals surface area contributed by atoms with Crippen LogP contribution in [0.3, 0.4) is 0 Å². The van der Waals surface area contributed by atoms with Crippen molar-refractivity contribution in [2.24, 2.45) is 0 Å². The van der Waals surface area contributed by atoms with Crippen molar-refractivity contribution >= 4 is 5.78 Å². The van der Waals surface area contributed by atoms with Crippen molar-refractivity contribution < 1.29 is 4.79 Å². The second-order valence-corrected chi connectivity index (χ2v) is 4.07. The quantitative estimate of drug-likeness (QED) is 0.706. The summed E-state index contributed by atoms with van der Waals surface area (Å²) in [5.74, 6) is 0.161. The first-order valence-corrected chi connectivity index (χ1v) is 5.35. The fourth-order valence-corrected chi connectivity index (χ4v) is 1.96. The molecule has 1 fully saturated rings. The third-order valence-corrected chi connectivity index (χ3v) is 2.95. The Kier molecular flexibility index (Phi) is 3.18. The molecule has 1 aliphatic heterocycles. The van der Waals surface area contributed by atoms with Crippen LogP contribution in [-0.2, 0) is 0 Å². The summed E-state index contributed by atoms with van der Waals surface area (Å²) in [4.78, 5) is 16.8. The van der Waals surface area contributed by atoms with Crippen molar-refractivity contribution in [1.29, 1.82) is 0 Å². The van der Waals surface area contributed by atoms with Gasteiger partial charge in [0.15, 0.2) is 5.78 Å². The van der Waals surface area contributed by atoms with Crippen LogP contribution in [0.15, 0.2) is 18.3 Å². The van der Waals surface area contributed by atoms with E-state index in [2.05, 4.69) is 15.2 Å². The predicted molar refractivity (Wildman–Crippen MR) is 59.0 cm³/mol. The molecular formula is C11H17N3O. The number of aromatic nitrogens is 1. The minimum Gasteiger partial charge on any atom is -0.359 e. The zero-order valence-corrected chi connectivity index (χ0v) is 8.99. The van der Waals surface area contributed by atoms with Crippen molar-refractivity contribution in [1.82, 2.24) is 15.2 Å². The van der Waals surface area contributed by atoms with Crippen LogP contribution in [-0.4, -0.2) is 48.4 Å². The summed E-state index contributed by atoms with van der Waals surface area (Å²) >= 11 is 0. The molecule has 4 nitrogen and oxygen atoms in total. The zero-order valence-electron chi connectivity index (χ0n) is 8.99. The number of aromatic amines is 1. The maximum atomic E-state index is 11.8. The van der Waals surface area contributed by atoms with Gasteiger partial charge in [-0.05, 0) is 32.1 Å². The molecule has 2 N–H and O–H groups in total. The standard InChI is InChI=1S/C11H17N3O/c1-14(9-4-6-12-7-9)8-11(15)10-3-2-5-13-10/h2-3,5,9,12-13H,4,6-8H2,1H3/t9-/m0/s1. The van der Waals surface area contributed by atoms with E-state index in [4.69, 9.17) is 0 Å². The number of Topliss-reactive ketones (excluding diaryl/α,β-unsaturated/α-hetero) is 1. The Bertz CT molecular complexity index is 315. The number of nitrogens with zero attached hydrogens (tertiary/aromatic N) is 1. The Labute approximate surface area is 89.7 Å². The van der Waals surface area contributed by atoms with E-state index in [9.17, 15) is 4.79 Å². The molecule has 1 atom stereocenters. The first-order chi connectivity index (χ1) is 7.27. The molecule has 0 spiro atoms. The highest BCUT2D eigenvalue weighted by atomic mass is 16.1. The Morgan fingerprint density at radius 2 is 2.53 bits per heavy atom. The smallest absolute Gasteiger partial charge is 0.192 e. The van der Waals surface area contributed by atoms with Crippen LogP contribution in [0.25, 0.3) is 0 Å². The highest BCUT2D eigenvalue weighted by Crippen LogP contribution is 2.07. The molecule has 0 unspecified atom stereocenters. The summed E-state index contributed by atoms with van der Waals surface area (Å²) in [6, 6.07) is 4.18. The van der Waals surface area contributed by atoms with Gasteiger partial charge >= 0.3 is 0 Å². The molecule has 1 saturated heterocycles. The number of hydrogen-bond acceptors (Lipinski definition) is 3. The SMILES string of the molecule is CN(CC(=O)c1ccc[nH]1)[C@H]1CCNC1. The van der Waals surface area contributed by atoms with E-state index < -0.39 is 0 Å². The van der Waals surface area contributed by atoms with Crippen LogP contribution in [0.2, 0.25) is 0 Å². The van der Waals surface area contributed by atoms with Gasteiger partial charge in [0.25, 0.3) is 0 Å². The number of likely N-dealkylation sites (N-methyl/N-ethyl adjacent to an activating group) is 1. The van der Waals surface area contributed by atoms with Gasteiger partial charge in [-0.25, -0.2) is 0 Å². The van der Waals surface area contributed by atoms with Crippen molar-refractivity contribution in [3.05, 3.63) is 24.0 Å². The van der Waals surface area contributed by atoms with E-state index >= 15 is 0 Å². The van der Waals surface area contributed by atoms with Gasteiger partial charge in [0.1, 0.15) is 0 Å². The van der Waals surface area contributed by atoms with Gasteiger partial charge in [0.05, 0.1) is 12.2 Å². The normalized spacial score (nSPS) is 21.1. The minimum atomic E-state index is 0.161. The molecule has 0 aromatic carbocycles. The van der Waals surface area contributed by atoms with Gasteiger partial charge < -0.3 is 10.3 Å². The molecule has 82 valence electrons. The van der Waals surface area contributed by atoms with Gasteiger partial charge in [-0.15, -0.1) is 0 Å². The fourth-order valence-electron chi connectivity index (χ4n) is 1.96. The van der Waals surface area contributed by atoms with E-state index in [1.807, 2.05) is 19.2 Å². The lowest BCUT2D eigenvalue weighted by Crippen LogP contribution is -2.37. The Hall–Kier alpha value is -1.13. The molecule has 0 aliphatic carbocycles. The van der Waals surface area contributed by atoms with Gasteiger partial charge in [-0.2, -0.15) is 0 Å². The lowest BCUT2D eigenvalue weighted by molar-refractivity contribution is 0.0920. The average molecular weight is 207 g/mol. The van der Waals surface area contributed by atoms with Crippen LogP contribution in [0, 0.1) is 0 Å². The summed E-state index contributed by atoms with van der Waals surface area (Å²) in [5.41, 5.74) is 0.702. The van der Waals surface area contributed by atoms with E-state index in [0.717, 1.165) is 19.5 Å². The number of hydrogen-bond donors (Lipinski definition) is 2. The number of carbonyl (C=O) groups excluding carboxylic acids is 1. The molecule has 0 amide bonds. The first-order valence-electron chi connectivity index (χ1n) is 5.35. The summed E-state index contributed by atoms with van der Waals surface area (Å²) in [6.07, 6.45) is 2.92. The topological polar surface area (TPSA) is 48.1 Å². The van der Waals surface area contributed by atoms with Gasteiger partial charge in [-0.3, -0.25) is 9.69 Å². The highest BCUT2D eigenvalue weighted by molar-refractivity contribution is 5.95. The summed E-state index contributed by atoms with van der Waals surface area (Å²) < 4.78 is 0. The lowest BCUT2D eigenvalue weighted by Gasteiger charge is -2.22. The number of rotatable bonds is 4. The third kappa shape index (κ3) is 2.46. The summed E-state index contributed by atoms with van der Waals surface area (Å²) in [6.45, 7) is 2.55. The fraction of sp³-hybridized carbons (Fsp3) is 0.545. The maximum absolute atomic E-state index is 11.8. The maximum Gasteiger partial charge on any atom is 0.192 e. The van der Waals surface area contributed by atoms with E-state index in [0.29, 0.717) is 18.3 Å². The second-order valence-electron chi connectivity index (χ2n) is 4.07. The lowest BCUT2D eigenvalue weighted by atomic mass is 10.2. The van der Waals surface area contributed by atoms with Crippen molar-refractivity contribution in [2.45, 2.75) is 12.5 Å². The second kappa shape index (κ2) is 4.59. The zero-order chi connectivity index (χ0) is 10.7. The van der Waals surface area contributed by atoms with Crippen molar-refractivity contribution in [2.75, 3.05) is 26.7 Å². The Balaban J connectivity index is 1.88. The number of ketones is 1. The number of H-pyrrole nitrogens is 1. The Morgan fingerprint density at radius 1 is 1.67 bits per heavy atom. The molecule has 2 heterocycles. The molecule has 4 heteroatoms. The molecule has 0 bridgehead atoms. The molecule has 1 aliphatic rings. The van der Waals surface area contributed by atoms with Crippen LogP contribution in [0.4, 0.5) is 0 Å². The Morgan fingerprint density at radius 3 is 3.13 bits per heavy atom. The average Bonchev–Trinajstić information content (AvgIpc) is 2.91.